The minimum absolute atomic E-state index is 0.186. The molecule has 3 saturated heterocycles. The van der Waals surface area contributed by atoms with Gasteiger partial charge in [0.25, 0.3) is 5.91 Å². The van der Waals surface area contributed by atoms with E-state index in [1.54, 1.807) is 26.9 Å². The van der Waals surface area contributed by atoms with Gasteiger partial charge in [-0.1, -0.05) is 79.7 Å². The number of hydrogen-bond acceptors (Lipinski definition) is 5. The van der Waals surface area contributed by atoms with Gasteiger partial charge in [0.15, 0.2) is 0 Å². The Labute approximate surface area is 270 Å². The molecule has 46 heavy (non-hydrogen) atoms. The summed E-state index contributed by atoms with van der Waals surface area (Å²) in [5.74, 6) is -2.45. The largest absolute Gasteiger partial charge is 0.394 e. The highest BCUT2D eigenvalue weighted by molar-refractivity contribution is 6.06. The van der Waals surface area contributed by atoms with Crippen molar-refractivity contribution in [1.82, 2.24) is 9.80 Å². The highest BCUT2D eigenvalue weighted by Crippen LogP contribution is 2.64. The quantitative estimate of drug-likeness (QED) is 0.284. The number of carbonyl (C=O) groups excluding carboxylic acids is 3. The summed E-state index contributed by atoms with van der Waals surface area (Å²) in [7, 11) is 0. The predicted molar refractivity (Wildman–Crippen MR) is 179 cm³/mol. The Bertz CT molecular complexity index is 1650. The van der Waals surface area contributed by atoms with Gasteiger partial charge in [-0.25, -0.2) is 0 Å². The summed E-state index contributed by atoms with van der Waals surface area (Å²) in [6.45, 7) is 12.2. The van der Waals surface area contributed by atoms with Crippen LogP contribution in [0.25, 0.3) is 10.8 Å². The van der Waals surface area contributed by atoms with Crippen molar-refractivity contribution in [2.75, 3.05) is 24.6 Å². The fourth-order valence-electron chi connectivity index (χ4n) is 8.16. The van der Waals surface area contributed by atoms with Gasteiger partial charge in [0, 0.05) is 25.3 Å². The van der Waals surface area contributed by atoms with E-state index in [2.05, 4.69) is 13.2 Å². The molecule has 6 rings (SSSR count). The molecule has 0 saturated carbocycles. The topological polar surface area (TPSA) is 90.4 Å². The molecule has 8 nitrogen and oxygen atoms in total. The molecule has 0 aromatic heterocycles. The normalized spacial score (nSPS) is 27.0. The van der Waals surface area contributed by atoms with Crippen LogP contribution in [0, 0.1) is 11.8 Å². The van der Waals surface area contributed by atoms with E-state index in [9.17, 15) is 19.5 Å². The van der Waals surface area contributed by atoms with Crippen molar-refractivity contribution in [2.45, 2.75) is 62.9 Å². The molecule has 3 aromatic carbocycles. The third-order valence-electron chi connectivity index (χ3n) is 10.3. The van der Waals surface area contributed by atoms with Crippen LogP contribution in [-0.4, -0.2) is 75.6 Å². The van der Waals surface area contributed by atoms with Crippen LogP contribution in [0.5, 0.6) is 0 Å². The lowest BCUT2D eigenvalue weighted by molar-refractivity contribution is -0.152. The molecule has 1 N–H and O–H groups in total. The number of anilines is 1. The summed E-state index contributed by atoms with van der Waals surface area (Å²) in [4.78, 5) is 49.1. The Morgan fingerprint density at radius 1 is 1.00 bits per heavy atom. The zero-order valence-electron chi connectivity index (χ0n) is 26.7. The molecule has 3 heterocycles. The summed E-state index contributed by atoms with van der Waals surface area (Å²) in [5, 5.41) is 12.5. The van der Waals surface area contributed by atoms with Gasteiger partial charge in [0.2, 0.25) is 11.8 Å². The summed E-state index contributed by atoms with van der Waals surface area (Å²) >= 11 is 0. The van der Waals surface area contributed by atoms with Crippen LogP contribution >= 0.6 is 0 Å². The van der Waals surface area contributed by atoms with Crippen molar-refractivity contribution in [2.24, 2.45) is 11.8 Å². The molecule has 6 atom stereocenters. The van der Waals surface area contributed by atoms with E-state index in [0.29, 0.717) is 38.0 Å². The molecular formula is C38H43N3O5. The number of benzene rings is 3. The maximum absolute atomic E-state index is 15.0. The lowest BCUT2D eigenvalue weighted by atomic mass is 9.66. The molecule has 3 aliphatic rings. The zero-order valence-corrected chi connectivity index (χ0v) is 26.7. The van der Waals surface area contributed by atoms with E-state index < -0.39 is 35.1 Å². The van der Waals surface area contributed by atoms with Crippen molar-refractivity contribution in [1.29, 1.82) is 0 Å². The predicted octanol–water partition coefficient (Wildman–Crippen LogP) is 5.11. The second-order valence-corrected chi connectivity index (χ2v) is 13.0. The summed E-state index contributed by atoms with van der Waals surface area (Å²) in [6, 6.07) is 21.9. The number of hydrogen-bond donors (Lipinski definition) is 1. The molecular weight excluding hydrogens is 578 g/mol. The number of ether oxygens (including phenoxy) is 1. The Balaban J connectivity index is 1.43. The maximum Gasteiger partial charge on any atom is 0.253 e. The summed E-state index contributed by atoms with van der Waals surface area (Å²) < 4.78 is 6.90. The number of aliphatic hydroxyl groups is 1. The van der Waals surface area contributed by atoms with Crippen molar-refractivity contribution < 1.29 is 24.2 Å². The lowest BCUT2D eigenvalue weighted by Gasteiger charge is -2.39. The van der Waals surface area contributed by atoms with Crippen LogP contribution in [0.3, 0.4) is 0 Å². The SMILES string of the molecule is C=CCN(Cc1ccccc1)C(=O)[C@@H]1[C@H]2C(=O)N([C@@H](CC)CO)C(C(=O)N(CC=C)c3ccc4ccccc4c3)C23CC[C@@]1(C)O3. The summed E-state index contributed by atoms with van der Waals surface area (Å²) in [6.07, 6.45) is 4.80. The van der Waals surface area contributed by atoms with E-state index >= 15 is 0 Å². The fourth-order valence-corrected chi connectivity index (χ4v) is 8.16. The second-order valence-electron chi connectivity index (χ2n) is 13.0. The number of fused-ring (bicyclic) bond motifs is 2. The monoisotopic (exact) mass is 621 g/mol. The van der Waals surface area contributed by atoms with Crippen LogP contribution < -0.4 is 4.90 Å². The first-order chi connectivity index (χ1) is 22.2. The third-order valence-corrected chi connectivity index (χ3v) is 10.3. The Hall–Kier alpha value is -4.27. The van der Waals surface area contributed by atoms with Crippen LogP contribution in [0.4, 0.5) is 5.69 Å². The molecule has 3 aromatic rings. The van der Waals surface area contributed by atoms with Gasteiger partial charge >= 0.3 is 0 Å². The number of carbonyl (C=O) groups is 3. The van der Waals surface area contributed by atoms with Gasteiger partial charge in [0.05, 0.1) is 30.1 Å². The molecule has 2 unspecified atom stereocenters. The second kappa shape index (κ2) is 12.5. The average molecular weight is 622 g/mol. The highest BCUT2D eigenvalue weighted by atomic mass is 16.5. The van der Waals surface area contributed by atoms with Gasteiger partial charge in [-0.3, -0.25) is 14.4 Å². The molecule has 0 radical (unpaired) electrons. The molecule has 3 fully saturated rings. The fraction of sp³-hybridized carbons (Fsp3) is 0.395. The Kier molecular flexibility index (Phi) is 8.61. The van der Waals surface area contributed by atoms with Crippen LogP contribution in [0.1, 0.15) is 38.7 Å². The molecule has 2 bridgehead atoms. The standard InChI is InChI=1S/C38H43N3O5/c1-5-21-39(24-26-13-9-8-10-14-26)34(43)31-32-35(44)41(29(7-3)25-42)33(38(32)20-19-37(31,4)46-38)36(45)40(22-6-2)30-18-17-27-15-11-12-16-28(27)23-30/h5-6,8-18,23,29,31-33,42H,1-2,7,19-22,24-25H2,3-4H3/t29-,31-,32-,33?,37+,38?/m0/s1. The van der Waals surface area contributed by atoms with E-state index in [4.69, 9.17) is 4.74 Å². The van der Waals surface area contributed by atoms with Gasteiger partial charge < -0.3 is 24.5 Å². The first-order valence-corrected chi connectivity index (χ1v) is 16.2. The lowest BCUT2D eigenvalue weighted by Crippen LogP contribution is -2.59. The van der Waals surface area contributed by atoms with Crippen molar-refractivity contribution in [3.8, 4) is 0 Å². The number of nitrogens with zero attached hydrogens (tertiary/aromatic N) is 3. The molecule has 240 valence electrons. The van der Waals surface area contributed by atoms with Gasteiger partial charge in [-0.15, -0.1) is 13.2 Å². The van der Waals surface area contributed by atoms with Crippen LogP contribution in [0.2, 0.25) is 0 Å². The smallest absolute Gasteiger partial charge is 0.253 e. The zero-order chi connectivity index (χ0) is 32.6. The van der Waals surface area contributed by atoms with Crippen molar-refractivity contribution in [3.05, 3.63) is 104 Å². The van der Waals surface area contributed by atoms with Gasteiger partial charge in [0.1, 0.15) is 11.6 Å². The van der Waals surface area contributed by atoms with Crippen LogP contribution in [-0.2, 0) is 25.7 Å². The Morgan fingerprint density at radius 2 is 1.70 bits per heavy atom. The van der Waals surface area contributed by atoms with E-state index in [1.807, 2.05) is 86.6 Å². The van der Waals surface area contributed by atoms with Crippen molar-refractivity contribution in [3.63, 3.8) is 0 Å². The molecule has 3 amide bonds. The molecule has 1 spiro atoms. The van der Waals surface area contributed by atoms with Gasteiger partial charge in [-0.2, -0.15) is 0 Å². The summed E-state index contributed by atoms with van der Waals surface area (Å²) in [5.41, 5.74) is -0.491. The first-order valence-electron chi connectivity index (χ1n) is 16.2. The molecule has 0 aliphatic carbocycles. The minimum Gasteiger partial charge on any atom is -0.394 e. The van der Waals surface area contributed by atoms with E-state index in [-0.39, 0.29) is 30.9 Å². The van der Waals surface area contributed by atoms with E-state index in [0.717, 1.165) is 16.3 Å². The maximum atomic E-state index is 15.0. The van der Waals surface area contributed by atoms with Gasteiger partial charge in [-0.05, 0) is 54.7 Å². The minimum atomic E-state index is -1.21. The number of rotatable bonds is 12. The number of likely N-dealkylation sites (tertiary alicyclic amines) is 1. The number of aliphatic hydroxyl groups excluding tert-OH is 1. The Morgan fingerprint density at radius 3 is 2.37 bits per heavy atom. The molecule has 3 aliphatic heterocycles. The average Bonchev–Trinajstić information content (AvgIpc) is 3.64. The highest BCUT2D eigenvalue weighted by Gasteiger charge is 2.78. The number of amides is 3. The molecule has 8 heteroatoms. The van der Waals surface area contributed by atoms with Crippen LogP contribution in [0.15, 0.2) is 98.1 Å². The first kappa shape index (κ1) is 31.7. The third kappa shape index (κ3) is 5.04. The van der Waals surface area contributed by atoms with Crippen molar-refractivity contribution >= 4 is 34.2 Å². The van der Waals surface area contributed by atoms with E-state index in [1.165, 1.54) is 0 Å².